The highest BCUT2D eigenvalue weighted by Gasteiger charge is 2.59. The molecule has 0 aliphatic carbocycles. The zero-order valence-corrected chi connectivity index (χ0v) is 14.7. The molecule has 2 aromatic carbocycles. The minimum atomic E-state index is -1.34. The summed E-state index contributed by atoms with van der Waals surface area (Å²) in [5.74, 6) is -0.793. The average Bonchev–Trinajstić information content (AvgIpc) is 3.00. The van der Waals surface area contributed by atoms with Crippen LogP contribution in [0.1, 0.15) is 28.8 Å². The summed E-state index contributed by atoms with van der Waals surface area (Å²) in [6, 6.07) is 14.3. The third kappa shape index (κ3) is 2.15. The van der Waals surface area contributed by atoms with Crippen molar-refractivity contribution < 1.29 is 14.4 Å². The molecule has 0 bridgehead atoms. The minimum Gasteiger partial charge on any atom is -0.322 e. The van der Waals surface area contributed by atoms with Crippen LogP contribution in [0, 0.1) is 6.92 Å². The van der Waals surface area contributed by atoms with Gasteiger partial charge >= 0.3 is 0 Å². The van der Waals surface area contributed by atoms with Gasteiger partial charge in [-0.2, -0.15) is 0 Å². The summed E-state index contributed by atoms with van der Waals surface area (Å²) < 4.78 is 0. The first-order valence-electron chi connectivity index (χ1n) is 8.53. The van der Waals surface area contributed by atoms with Crippen LogP contribution in [0.2, 0.25) is 0 Å². The Labute approximate surface area is 151 Å². The van der Waals surface area contributed by atoms with Gasteiger partial charge in [-0.3, -0.25) is 19.3 Å². The van der Waals surface area contributed by atoms with Gasteiger partial charge in [-0.15, -0.1) is 0 Å². The van der Waals surface area contributed by atoms with E-state index in [1.807, 2.05) is 31.2 Å². The van der Waals surface area contributed by atoms with Crippen molar-refractivity contribution in [3.63, 3.8) is 0 Å². The van der Waals surface area contributed by atoms with Gasteiger partial charge in [0.1, 0.15) is 0 Å². The number of likely N-dealkylation sites (N-methyl/N-ethyl adjacent to an activating group) is 1. The number of amides is 3. The number of hydrogen-bond acceptors (Lipinski definition) is 3. The van der Waals surface area contributed by atoms with E-state index in [2.05, 4.69) is 5.32 Å². The van der Waals surface area contributed by atoms with E-state index in [-0.39, 0.29) is 30.6 Å². The number of para-hydroxylation sites is 1. The van der Waals surface area contributed by atoms with Crippen LogP contribution in [0.3, 0.4) is 0 Å². The monoisotopic (exact) mass is 349 g/mol. The maximum Gasteiger partial charge on any atom is 0.271 e. The first-order chi connectivity index (χ1) is 12.4. The lowest BCUT2D eigenvalue weighted by Gasteiger charge is -2.47. The van der Waals surface area contributed by atoms with Crippen LogP contribution in [0.4, 0.5) is 11.4 Å². The number of rotatable bonds is 2. The summed E-state index contributed by atoms with van der Waals surface area (Å²) in [5.41, 5.74) is 1.31. The summed E-state index contributed by atoms with van der Waals surface area (Å²) in [5, 5.41) is 2.88. The van der Waals surface area contributed by atoms with Crippen molar-refractivity contribution >= 4 is 29.1 Å². The Kier molecular flexibility index (Phi) is 3.57. The lowest BCUT2D eigenvalue weighted by atomic mass is 9.96. The predicted octanol–water partition coefficient (Wildman–Crippen LogP) is 2.54. The Morgan fingerprint density at radius 1 is 1.08 bits per heavy atom. The van der Waals surface area contributed by atoms with Gasteiger partial charge in [0.25, 0.3) is 11.8 Å². The van der Waals surface area contributed by atoms with Crippen LogP contribution in [0.25, 0.3) is 0 Å². The molecule has 4 rings (SSSR count). The van der Waals surface area contributed by atoms with E-state index >= 15 is 0 Å². The van der Waals surface area contributed by atoms with Gasteiger partial charge in [-0.05, 0) is 31.2 Å². The highest BCUT2D eigenvalue weighted by molar-refractivity contribution is 6.18. The molecule has 6 heteroatoms. The molecule has 1 fully saturated rings. The number of carbonyl (C=O) groups is 3. The summed E-state index contributed by atoms with van der Waals surface area (Å²) in [6.45, 7) is 1.96. The fraction of sp³-hybridized carbons (Fsp3) is 0.250. The third-order valence-electron chi connectivity index (χ3n) is 5.21. The van der Waals surface area contributed by atoms with Gasteiger partial charge in [-0.25, -0.2) is 0 Å². The van der Waals surface area contributed by atoms with E-state index in [1.165, 1.54) is 9.80 Å². The standard InChI is InChI=1S/C20H19N3O3/c1-13-7-9-14(10-8-13)21-19(26)20-12-11-17(24)23(20)16-6-4-3-5-15(16)18(25)22(20)2/h3-10H,11-12H2,1-2H3,(H,21,26)/t20-/m1/s1. The Morgan fingerprint density at radius 2 is 1.77 bits per heavy atom. The number of hydrogen-bond donors (Lipinski definition) is 1. The van der Waals surface area contributed by atoms with Crippen molar-refractivity contribution in [1.82, 2.24) is 4.90 Å². The Balaban J connectivity index is 1.80. The summed E-state index contributed by atoms with van der Waals surface area (Å²) in [7, 11) is 1.58. The number of carbonyl (C=O) groups excluding carboxylic acids is 3. The highest BCUT2D eigenvalue weighted by Crippen LogP contribution is 2.44. The van der Waals surface area contributed by atoms with Gasteiger partial charge in [0.2, 0.25) is 11.6 Å². The largest absolute Gasteiger partial charge is 0.322 e. The molecule has 1 N–H and O–H groups in total. The summed E-state index contributed by atoms with van der Waals surface area (Å²) >= 11 is 0. The van der Waals surface area contributed by atoms with Gasteiger partial charge in [0, 0.05) is 25.6 Å². The van der Waals surface area contributed by atoms with Crippen molar-refractivity contribution in [2.45, 2.75) is 25.4 Å². The molecule has 0 aromatic heterocycles. The number of aryl methyl sites for hydroxylation is 1. The van der Waals surface area contributed by atoms with E-state index in [0.29, 0.717) is 16.9 Å². The fourth-order valence-electron chi connectivity index (χ4n) is 3.80. The van der Waals surface area contributed by atoms with Crippen molar-refractivity contribution in [1.29, 1.82) is 0 Å². The van der Waals surface area contributed by atoms with E-state index < -0.39 is 5.66 Å². The molecule has 0 radical (unpaired) electrons. The Morgan fingerprint density at radius 3 is 2.50 bits per heavy atom. The van der Waals surface area contributed by atoms with Crippen molar-refractivity contribution in [3.05, 3.63) is 59.7 Å². The topological polar surface area (TPSA) is 69.7 Å². The van der Waals surface area contributed by atoms with Crippen molar-refractivity contribution in [3.8, 4) is 0 Å². The molecule has 2 aromatic rings. The first-order valence-corrected chi connectivity index (χ1v) is 8.53. The van der Waals surface area contributed by atoms with E-state index in [0.717, 1.165) is 5.56 Å². The van der Waals surface area contributed by atoms with E-state index in [9.17, 15) is 14.4 Å². The lowest BCUT2D eigenvalue weighted by molar-refractivity contribution is -0.128. The van der Waals surface area contributed by atoms with Gasteiger partial charge < -0.3 is 10.2 Å². The second-order valence-electron chi connectivity index (χ2n) is 6.75. The predicted molar refractivity (Wildman–Crippen MR) is 97.8 cm³/mol. The average molecular weight is 349 g/mol. The quantitative estimate of drug-likeness (QED) is 0.906. The molecule has 2 aliphatic heterocycles. The first kappa shape index (κ1) is 16.3. The molecule has 1 saturated heterocycles. The molecular formula is C20H19N3O3. The smallest absolute Gasteiger partial charge is 0.271 e. The van der Waals surface area contributed by atoms with Gasteiger partial charge in [0.05, 0.1) is 11.3 Å². The number of fused-ring (bicyclic) bond motifs is 3. The van der Waals surface area contributed by atoms with Crippen LogP contribution >= 0.6 is 0 Å². The lowest BCUT2D eigenvalue weighted by Crippen LogP contribution is -2.68. The van der Waals surface area contributed by atoms with Crippen molar-refractivity contribution in [2.75, 3.05) is 17.3 Å². The zero-order valence-electron chi connectivity index (χ0n) is 14.7. The zero-order chi connectivity index (χ0) is 18.5. The molecule has 6 nitrogen and oxygen atoms in total. The highest BCUT2D eigenvalue weighted by atomic mass is 16.2. The van der Waals surface area contributed by atoms with Crippen LogP contribution < -0.4 is 10.2 Å². The number of anilines is 2. The maximum atomic E-state index is 13.3. The SMILES string of the molecule is Cc1ccc(NC(=O)[C@@]23CCC(=O)N2c2ccccc2C(=O)N3C)cc1. The molecule has 26 heavy (non-hydrogen) atoms. The number of benzene rings is 2. The van der Waals surface area contributed by atoms with Crippen LogP contribution in [0.5, 0.6) is 0 Å². The fourth-order valence-corrected chi connectivity index (χ4v) is 3.80. The van der Waals surface area contributed by atoms with E-state index in [1.54, 1.807) is 31.3 Å². The van der Waals surface area contributed by atoms with E-state index in [4.69, 9.17) is 0 Å². The molecular weight excluding hydrogens is 330 g/mol. The molecule has 132 valence electrons. The molecule has 0 spiro atoms. The van der Waals surface area contributed by atoms with Crippen LogP contribution in [0.15, 0.2) is 48.5 Å². The van der Waals surface area contributed by atoms with Gasteiger partial charge in [-0.1, -0.05) is 29.8 Å². The third-order valence-corrected chi connectivity index (χ3v) is 5.21. The molecule has 2 heterocycles. The number of nitrogens with one attached hydrogen (secondary N) is 1. The Hall–Kier alpha value is -3.15. The molecule has 3 amide bonds. The second kappa shape index (κ2) is 5.69. The normalized spacial score (nSPS) is 21.5. The molecule has 1 atom stereocenters. The van der Waals surface area contributed by atoms with Crippen LogP contribution in [-0.4, -0.2) is 35.3 Å². The maximum absolute atomic E-state index is 13.3. The van der Waals surface area contributed by atoms with Crippen LogP contribution in [-0.2, 0) is 9.59 Å². The summed E-state index contributed by atoms with van der Waals surface area (Å²) in [4.78, 5) is 41.7. The molecule has 0 saturated carbocycles. The molecule has 2 aliphatic rings. The Bertz CT molecular complexity index is 922. The van der Waals surface area contributed by atoms with Gasteiger partial charge in [0.15, 0.2) is 0 Å². The number of nitrogens with zero attached hydrogens (tertiary/aromatic N) is 2. The molecule has 0 unspecified atom stereocenters. The van der Waals surface area contributed by atoms with Crippen molar-refractivity contribution in [2.24, 2.45) is 0 Å². The second-order valence-corrected chi connectivity index (χ2v) is 6.75. The minimum absolute atomic E-state index is 0.157. The summed E-state index contributed by atoms with van der Waals surface area (Å²) in [6.07, 6.45) is 0.480.